The highest BCUT2D eigenvalue weighted by Crippen LogP contribution is 2.38. The summed E-state index contributed by atoms with van der Waals surface area (Å²) in [5.41, 5.74) is 1.72. The lowest BCUT2D eigenvalue weighted by Gasteiger charge is -2.43. The van der Waals surface area contributed by atoms with Gasteiger partial charge >= 0.3 is 6.09 Å². The summed E-state index contributed by atoms with van der Waals surface area (Å²) in [6.07, 6.45) is 1.82. The number of nitrogens with zero attached hydrogens (tertiary/aromatic N) is 2. The molecule has 0 aliphatic carbocycles. The van der Waals surface area contributed by atoms with E-state index in [-0.39, 0.29) is 6.10 Å². The van der Waals surface area contributed by atoms with Crippen molar-refractivity contribution in [2.24, 2.45) is 5.92 Å². The van der Waals surface area contributed by atoms with Crippen LogP contribution < -0.4 is 5.32 Å². The molecule has 1 unspecified atom stereocenters. The topological polar surface area (TPSA) is 54.5 Å². The Hall–Kier alpha value is -1.15. The van der Waals surface area contributed by atoms with Gasteiger partial charge in [0, 0.05) is 11.4 Å². The highest BCUT2D eigenvalue weighted by atomic mass is 35.5. The molecule has 5 rings (SSSR count). The summed E-state index contributed by atoms with van der Waals surface area (Å²) in [6, 6.07) is 3.78. The van der Waals surface area contributed by atoms with Gasteiger partial charge in [-0.25, -0.2) is 9.78 Å². The van der Waals surface area contributed by atoms with Crippen LogP contribution in [-0.2, 0) is 4.74 Å². The fourth-order valence-electron chi connectivity index (χ4n) is 3.25. The van der Waals surface area contributed by atoms with Crippen LogP contribution in [0.2, 0.25) is 4.34 Å². The standard InChI is InChI=1S/C15H16ClN3O2S2/c16-12-2-1-11(23-12)13-14(17-8-22-13)18-15(20)21-10-7-19-5-3-9(10)4-6-19/h1-2,8-10H,3-7H2,(H,18,20). The number of rotatable bonds is 3. The van der Waals surface area contributed by atoms with Gasteiger partial charge < -0.3 is 4.74 Å². The molecule has 1 atom stereocenters. The first kappa shape index (κ1) is 15.4. The van der Waals surface area contributed by atoms with Gasteiger partial charge in [0.1, 0.15) is 6.10 Å². The van der Waals surface area contributed by atoms with Crippen LogP contribution in [0.4, 0.5) is 10.6 Å². The first-order valence-corrected chi connectivity index (χ1v) is 9.65. The molecule has 3 aliphatic rings. The summed E-state index contributed by atoms with van der Waals surface area (Å²) in [6.45, 7) is 3.10. The van der Waals surface area contributed by atoms with Crippen molar-refractivity contribution in [2.45, 2.75) is 18.9 Å². The molecule has 5 nitrogen and oxygen atoms in total. The summed E-state index contributed by atoms with van der Waals surface area (Å²) in [5, 5.41) is 2.79. The predicted octanol–water partition coefficient (Wildman–Crippen LogP) is 4.17. The first-order valence-electron chi connectivity index (χ1n) is 7.58. The average Bonchev–Trinajstić information content (AvgIpc) is 3.17. The van der Waals surface area contributed by atoms with Gasteiger partial charge in [0.15, 0.2) is 5.82 Å². The number of amides is 1. The number of piperidine rings is 3. The molecule has 2 aromatic rings. The van der Waals surface area contributed by atoms with Crippen LogP contribution >= 0.6 is 34.3 Å². The zero-order chi connectivity index (χ0) is 15.8. The van der Waals surface area contributed by atoms with Crippen LogP contribution in [0, 0.1) is 5.92 Å². The second-order valence-electron chi connectivity index (χ2n) is 5.84. The third-order valence-corrected chi connectivity index (χ3v) is 6.68. The molecule has 3 fully saturated rings. The number of carbonyl (C=O) groups excluding carboxylic acids is 1. The molecule has 3 saturated heterocycles. The largest absolute Gasteiger partial charge is 0.444 e. The number of hydrogen-bond donors (Lipinski definition) is 1. The Morgan fingerprint density at radius 3 is 2.87 bits per heavy atom. The minimum Gasteiger partial charge on any atom is -0.444 e. The van der Waals surface area contributed by atoms with E-state index in [0.29, 0.717) is 16.1 Å². The Bertz CT molecular complexity index is 709. The van der Waals surface area contributed by atoms with Crippen molar-refractivity contribution in [1.29, 1.82) is 0 Å². The number of halogens is 1. The molecular formula is C15H16ClN3O2S2. The number of anilines is 1. The van der Waals surface area contributed by atoms with Gasteiger partial charge in [0.25, 0.3) is 0 Å². The lowest BCUT2D eigenvalue weighted by molar-refractivity contribution is -0.0290. The number of hydrogen-bond acceptors (Lipinski definition) is 6. The Labute approximate surface area is 147 Å². The van der Waals surface area contributed by atoms with Gasteiger partial charge in [0.2, 0.25) is 0 Å². The molecule has 2 aromatic heterocycles. The third kappa shape index (κ3) is 3.24. The molecule has 0 radical (unpaired) electrons. The minimum atomic E-state index is -0.418. The van der Waals surface area contributed by atoms with E-state index in [1.807, 2.05) is 12.1 Å². The van der Waals surface area contributed by atoms with Crippen LogP contribution in [0.5, 0.6) is 0 Å². The Morgan fingerprint density at radius 2 is 2.22 bits per heavy atom. The molecule has 1 amide bonds. The summed E-state index contributed by atoms with van der Waals surface area (Å²) in [7, 11) is 0. The van der Waals surface area contributed by atoms with Gasteiger partial charge in [-0.1, -0.05) is 11.6 Å². The van der Waals surface area contributed by atoms with Crippen LogP contribution in [0.25, 0.3) is 9.75 Å². The summed E-state index contributed by atoms with van der Waals surface area (Å²) in [5.74, 6) is 1.04. The SMILES string of the molecule is O=C(Nc1ncsc1-c1ccc(Cl)s1)OC1CN2CCC1CC2. The van der Waals surface area contributed by atoms with Crippen molar-refractivity contribution in [3.63, 3.8) is 0 Å². The van der Waals surface area contributed by atoms with Crippen molar-refractivity contribution >= 4 is 46.2 Å². The lowest BCUT2D eigenvalue weighted by atomic mass is 9.86. The lowest BCUT2D eigenvalue weighted by Crippen LogP contribution is -2.52. The maximum absolute atomic E-state index is 12.2. The van der Waals surface area contributed by atoms with E-state index in [1.165, 1.54) is 22.7 Å². The molecule has 0 spiro atoms. The van der Waals surface area contributed by atoms with Crippen molar-refractivity contribution in [1.82, 2.24) is 9.88 Å². The van der Waals surface area contributed by atoms with Gasteiger partial charge in [-0.2, -0.15) is 0 Å². The number of thiophene rings is 1. The van der Waals surface area contributed by atoms with E-state index in [2.05, 4.69) is 15.2 Å². The van der Waals surface area contributed by atoms with Gasteiger partial charge in [-0.3, -0.25) is 10.2 Å². The van der Waals surface area contributed by atoms with Crippen LogP contribution in [0.3, 0.4) is 0 Å². The van der Waals surface area contributed by atoms with E-state index < -0.39 is 6.09 Å². The predicted molar refractivity (Wildman–Crippen MR) is 93.5 cm³/mol. The quantitative estimate of drug-likeness (QED) is 0.882. The maximum Gasteiger partial charge on any atom is 0.413 e. The number of aromatic nitrogens is 1. The van der Waals surface area contributed by atoms with E-state index in [0.717, 1.165) is 42.2 Å². The summed E-state index contributed by atoms with van der Waals surface area (Å²) >= 11 is 8.93. The van der Waals surface area contributed by atoms with E-state index in [4.69, 9.17) is 16.3 Å². The molecule has 5 heterocycles. The number of nitrogens with one attached hydrogen (secondary N) is 1. The van der Waals surface area contributed by atoms with Crippen molar-refractivity contribution in [3.8, 4) is 9.75 Å². The van der Waals surface area contributed by atoms with Gasteiger partial charge in [0.05, 0.1) is 14.7 Å². The molecule has 8 heteroatoms. The Kier molecular flexibility index (Phi) is 4.27. The Balaban J connectivity index is 1.42. The highest BCUT2D eigenvalue weighted by Gasteiger charge is 2.36. The zero-order valence-electron chi connectivity index (χ0n) is 12.3. The van der Waals surface area contributed by atoms with Crippen LogP contribution in [0.1, 0.15) is 12.8 Å². The minimum absolute atomic E-state index is 0.00392. The summed E-state index contributed by atoms with van der Waals surface area (Å²) in [4.78, 5) is 20.7. The maximum atomic E-state index is 12.2. The Morgan fingerprint density at radius 1 is 1.39 bits per heavy atom. The third-order valence-electron chi connectivity index (χ3n) is 4.44. The normalized spacial score (nSPS) is 26.2. The second kappa shape index (κ2) is 6.39. The monoisotopic (exact) mass is 369 g/mol. The molecule has 0 saturated carbocycles. The molecule has 1 N–H and O–H groups in total. The smallest absolute Gasteiger partial charge is 0.413 e. The van der Waals surface area contributed by atoms with Crippen LogP contribution in [0.15, 0.2) is 17.6 Å². The molecule has 2 bridgehead atoms. The molecule has 0 aromatic carbocycles. The van der Waals surface area contributed by atoms with E-state index in [9.17, 15) is 4.79 Å². The zero-order valence-corrected chi connectivity index (χ0v) is 14.7. The number of fused-ring (bicyclic) bond motifs is 3. The number of ether oxygens (including phenoxy) is 1. The van der Waals surface area contributed by atoms with Crippen LogP contribution in [-0.4, -0.2) is 41.7 Å². The van der Waals surface area contributed by atoms with Crippen molar-refractivity contribution in [3.05, 3.63) is 22.0 Å². The average molecular weight is 370 g/mol. The van der Waals surface area contributed by atoms with Crippen molar-refractivity contribution < 1.29 is 9.53 Å². The molecule has 122 valence electrons. The van der Waals surface area contributed by atoms with Gasteiger partial charge in [-0.15, -0.1) is 22.7 Å². The molecule has 3 aliphatic heterocycles. The van der Waals surface area contributed by atoms with E-state index >= 15 is 0 Å². The number of thiazole rings is 1. The summed E-state index contributed by atoms with van der Waals surface area (Å²) < 4.78 is 6.36. The fourth-order valence-corrected chi connectivity index (χ4v) is 5.17. The van der Waals surface area contributed by atoms with Gasteiger partial charge in [-0.05, 0) is 44.0 Å². The highest BCUT2D eigenvalue weighted by molar-refractivity contribution is 7.23. The first-order chi connectivity index (χ1) is 11.2. The van der Waals surface area contributed by atoms with Crippen molar-refractivity contribution in [2.75, 3.05) is 25.0 Å². The van der Waals surface area contributed by atoms with E-state index in [1.54, 1.807) is 5.51 Å². The molecular weight excluding hydrogens is 354 g/mol. The second-order valence-corrected chi connectivity index (χ2v) is 8.41. The molecule has 23 heavy (non-hydrogen) atoms. The fraction of sp³-hybridized carbons (Fsp3) is 0.467. The number of carbonyl (C=O) groups is 1.